The second kappa shape index (κ2) is 8.80. The molecule has 0 unspecified atom stereocenters. The number of fused-ring (bicyclic) bond motifs is 6. The zero-order valence-corrected chi connectivity index (χ0v) is 22.2. The molecular formula is C33H32N2O3. The van der Waals surface area contributed by atoms with E-state index >= 15 is 0 Å². The van der Waals surface area contributed by atoms with Crippen molar-refractivity contribution in [2.45, 2.75) is 51.6 Å². The maximum Gasteiger partial charge on any atom is 0.238 e. The Hall–Kier alpha value is -3.99. The van der Waals surface area contributed by atoms with E-state index in [1.807, 2.05) is 84.6 Å². The molecule has 0 bridgehead atoms. The van der Waals surface area contributed by atoms with Crippen LogP contribution in [0.25, 0.3) is 6.08 Å². The number of benzene rings is 3. The van der Waals surface area contributed by atoms with E-state index in [1.165, 1.54) is 6.92 Å². The maximum atomic E-state index is 14.5. The average molecular weight is 505 g/mol. The van der Waals surface area contributed by atoms with Crippen LogP contribution in [0.4, 0.5) is 11.4 Å². The number of amides is 1. The summed E-state index contributed by atoms with van der Waals surface area (Å²) in [5.74, 6) is -0.916. The number of hydrogen-bond acceptors (Lipinski definition) is 4. The molecule has 0 aliphatic carbocycles. The van der Waals surface area contributed by atoms with Crippen LogP contribution in [0, 0.1) is 18.8 Å². The van der Waals surface area contributed by atoms with Crippen LogP contribution >= 0.6 is 0 Å². The predicted octanol–water partition coefficient (Wildman–Crippen LogP) is 5.76. The Morgan fingerprint density at radius 1 is 1.03 bits per heavy atom. The van der Waals surface area contributed by atoms with Gasteiger partial charge in [-0.3, -0.25) is 14.4 Å². The summed E-state index contributed by atoms with van der Waals surface area (Å²) in [6.45, 7) is 7.90. The van der Waals surface area contributed by atoms with Crippen molar-refractivity contribution in [3.05, 3.63) is 101 Å². The number of hydrogen-bond donors (Lipinski definition) is 1. The lowest BCUT2D eigenvalue weighted by molar-refractivity contribution is -0.122. The number of Topliss-reactive ketones (excluding diaryl/α,β-unsaturated/α-hetero) is 2. The molecule has 192 valence electrons. The molecule has 0 saturated carbocycles. The minimum absolute atomic E-state index is 0.124. The van der Waals surface area contributed by atoms with Crippen LogP contribution in [0.2, 0.25) is 0 Å². The van der Waals surface area contributed by atoms with Gasteiger partial charge in [0.1, 0.15) is 5.41 Å². The van der Waals surface area contributed by atoms with Crippen LogP contribution in [0.15, 0.2) is 72.8 Å². The minimum atomic E-state index is -1.24. The molecule has 5 heteroatoms. The van der Waals surface area contributed by atoms with Crippen molar-refractivity contribution in [1.29, 1.82) is 0 Å². The van der Waals surface area contributed by atoms with Gasteiger partial charge in [-0.1, -0.05) is 80.1 Å². The van der Waals surface area contributed by atoms with E-state index in [2.05, 4.69) is 25.2 Å². The number of nitrogens with one attached hydrogen (secondary N) is 1. The van der Waals surface area contributed by atoms with Gasteiger partial charge in [0.05, 0.1) is 18.0 Å². The molecule has 6 rings (SSSR count). The van der Waals surface area contributed by atoms with E-state index in [4.69, 9.17) is 0 Å². The van der Waals surface area contributed by atoms with E-state index in [0.29, 0.717) is 17.2 Å². The fraction of sp³-hybridized carbons (Fsp3) is 0.303. The summed E-state index contributed by atoms with van der Waals surface area (Å²) in [7, 11) is 0. The minimum Gasteiger partial charge on any atom is -0.352 e. The highest BCUT2D eigenvalue weighted by atomic mass is 16.2. The van der Waals surface area contributed by atoms with Crippen molar-refractivity contribution in [3.8, 4) is 0 Å². The Balaban J connectivity index is 1.58. The van der Waals surface area contributed by atoms with Gasteiger partial charge in [0.15, 0.2) is 11.6 Å². The first-order valence-electron chi connectivity index (χ1n) is 13.3. The highest BCUT2D eigenvalue weighted by molar-refractivity contribution is 6.16. The third kappa shape index (κ3) is 3.41. The number of nitrogens with zero attached hydrogens (tertiary/aromatic N) is 1. The average Bonchev–Trinajstić information content (AvgIpc) is 3.36. The smallest absolute Gasteiger partial charge is 0.238 e. The van der Waals surface area contributed by atoms with Crippen LogP contribution in [0.1, 0.15) is 53.4 Å². The summed E-state index contributed by atoms with van der Waals surface area (Å²) in [6.07, 6.45) is 4.97. The summed E-state index contributed by atoms with van der Waals surface area (Å²) in [6, 6.07) is 20.1. The Morgan fingerprint density at radius 2 is 1.76 bits per heavy atom. The summed E-state index contributed by atoms with van der Waals surface area (Å²) in [4.78, 5) is 44.2. The molecule has 0 aromatic heterocycles. The van der Waals surface area contributed by atoms with Crippen LogP contribution in [-0.4, -0.2) is 29.6 Å². The number of para-hydroxylation sites is 1. The third-order valence-corrected chi connectivity index (χ3v) is 8.37. The van der Waals surface area contributed by atoms with Crippen molar-refractivity contribution in [2.24, 2.45) is 11.8 Å². The first-order chi connectivity index (χ1) is 18.2. The SMILES string of the molecule is CC(=O)[C@@H]1[C@@H](C(=O)c2ccc(CC(C)C)cc2)[C@]2(C(=O)Nc3ccccc32)[C@H]2C=Cc3cc(C)ccc3N12. The quantitative estimate of drug-likeness (QED) is 0.449. The lowest BCUT2D eigenvalue weighted by Gasteiger charge is -2.37. The summed E-state index contributed by atoms with van der Waals surface area (Å²) in [5.41, 5.74) is 4.90. The normalized spacial score (nSPS) is 24.8. The van der Waals surface area contributed by atoms with Gasteiger partial charge in [-0.2, -0.15) is 0 Å². The molecule has 38 heavy (non-hydrogen) atoms. The molecule has 3 aliphatic heterocycles. The molecular weight excluding hydrogens is 472 g/mol. The van der Waals surface area contributed by atoms with Crippen molar-refractivity contribution >= 4 is 34.9 Å². The van der Waals surface area contributed by atoms with Gasteiger partial charge >= 0.3 is 0 Å². The van der Waals surface area contributed by atoms with Crippen molar-refractivity contribution in [2.75, 3.05) is 10.2 Å². The zero-order valence-electron chi connectivity index (χ0n) is 22.2. The van der Waals surface area contributed by atoms with E-state index in [0.717, 1.165) is 34.4 Å². The standard InChI is InChI=1S/C33H32N2O3/c1-19(2)17-22-10-12-23(13-11-22)31(37)29-30(21(4)36)35-27-15-9-20(3)18-24(27)14-16-28(35)33(29)25-7-5-6-8-26(25)34-32(33)38/h5-16,18-19,28-30H,17H2,1-4H3,(H,34,38)/t28-,29+,30-,33-/m1/s1. The molecule has 3 aliphatic rings. The molecule has 3 heterocycles. The van der Waals surface area contributed by atoms with Crippen molar-refractivity contribution in [3.63, 3.8) is 0 Å². The van der Waals surface area contributed by atoms with Gasteiger partial charge in [0.25, 0.3) is 0 Å². The van der Waals surface area contributed by atoms with Gasteiger partial charge < -0.3 is 10.2 Å². The lowest BCUT2D eigenvalue weighted by atomic mass is 9.64. The first-order valence-corrected chi connectivity index (χ1v) is 13.3. The van der Waals surface area contributed by atoms with Crippen molar-refractivity contribution < 1.29 is 14.4 Å². The molecule has 1 N–H and O–H groups in total. The zero-order chi connectivity index (χ0) is 26.8. The fourth-order valence-electron chi connectivity index (χ4n) is 6.91. The molecule has 1 spiro atoms. The highest BCUT2D eigenvalue weighted by Crippen LogP contribution is 2.57. The second-order valence-electron chi connectivity index (χ2n) is 11.3. The summed E-state index contributed by atoms with van der Waals surface area (Å²) >= 11 is 0. The van der Waals surface area contributed by atoms with Gasteiger partial charge in [-0.05, 0) is 61.1 Å². The number of anilines is 2. The number of carbonyl (C=O) groups is 3. The van der Waals surface area contributed by atoms with Crippen molar-refractivity contribution in [1.82, 2.24) is 0 Å². The Labute approximate surface area is 223 Å². The lowest BCUT2D eigenvalue weighted by Crippen LogP contribution is -2.51. The summed E-state index contributed by atoms with van der Waals surface area (Å²) in [5, 5.41) is 3.06. The number of rotatable bonds is 5. The monoisotopic (exact) mass is 504 g/mol. The Bertz CT molecular complexity index is 1500. The van der Waals surface area contributed by atoms with Gasteiger partial charge in [-0.15, -0.1) is 0 Å². The third-order valence-electron chi connectivity index (χ3n) is 8.37. The maximum absolute atomic E-state index is 14.5. The van der Waals surface area contributed by atoms with Gasteiger partial charge in [-0.25, -0.2) is 0 Å². The molecule has 1 fully saturated rings. The van der Waals surface area contributed by atoms with Crippen LogP contribution in [0.3, 0.4) is 0 Å². The van der Waals surface area contributed by atoms with E-state index in [-0.39, 0.29) is 17.5 Å². The molecule has 1 amide bonds. The summed E-state index contributed by atoms with van der Waals surface area (Å²) < 4.78 is 0. The molecule has 5 nitrogen and oxygen atoms in total. The van der Waals surface area contributed by atoms with Gasteiger partial charge in [0, 0.05) is 16.9 Å². The Kier molecular flexibility index (Phi) is 5.64. The van der Waals surface area contributed by atoms with E-state index < -0.39 is 23.4 Å². The second-order valence-corrected chi connectivity index (χ2v) is 11.3. The predicted molar refractivity (Wildman–Crippen MR) is 151 cm³/mol. The molecule has 3 aromatic carbocycles. The molecule has 3 aromatic rings. The fourth-order valence-corrected chi connectivity index (χ4v) is 6.91. The van der Waals surface area contributed by atoms with Crippen LogP contribution in [0.5, 0.6) is 0 Å². The topological polar surface area (TPSA) is 66.5 Å². The van der Waals surface area contributed by atoms with E-state index in [1.54, 1.807) is 0 Å². The number of ketones is 2. The van der Waals surface area contributed by atoms with Crippen LogP contribution < -0.4 is 10.2 Å². The Morgan fingerprint density at radius 3 is 2.47 bits per heavy atom. The van der Waals surface area contributed by atoms with Crippen LogP contribution in [-0.2, 0) is 21.4 Å². The molecule has 1 saturated heterocycles. The number of carbonyl (C=O) groups excluding carboxylic acids is 3. The van der Waals surface area contributed by atoms with E-state index in [9.17, 15) is 14.4 Å². The number of aryl methyl sites for hydroxylation is 1. The first kappa shape index (κ1) is 24.4. The highest BCUT2D eigenvalue weighted by Gasteiger charge is 2.69. The molecule has 4 atom stereocenters. The molecule has 0 radical (unpaired) electrons. The largest absolute Gasteiger partial charge is 0.352 e. The van der Waals surface area contributed by atoms with Gasteiger partial charge in [0.2, 0.25) is 5.91 Å².